The van der Waals surface area contributed by atoms with Crippen molar-refractivity contribution in [1.82, 2.24) is 4.90 Å². The van der Waals surface area contributed by atoms with Crippen LogP contribution in [0.3, 0.4) is 0 Å². The molecule has 128 valence electrons. The minimum Gasteiger partial charge on any atom is -0.269 e. The van der Waals surface area contributed by atoms with Gasteiger partial charge >= 0.3 is 0 Å². The number of rotatable bonds is 5. The molecule has 26 heavy (non-hydrogen) atoms. The zero-order chi connectivity index (χ0) is 18.4. The van der Waals surface area contributed by atoms with E-state index in [4.69, 9.17) is 0 Å². The Labute approximate surface area is 153 Å². The maximum Gasteiger partial charge on any atom is 0.261 e. The number of carbonyl (C=O) groups excluding carboxylic acids is 2. The van der Waals surface area contributed by atoms with Crippen LogP contribution < -0.4 is 0 Å². The second kappa shape index (κ2) is 8.08. The zero-order valence-electron chi connectivity index (χ0n) is 14.3. The summed E-state index contributed by atoms with van der Waals surface area (Å²) >= 11 is 0. The molecule has 2 amide bonds. The first-order chi connectivity index (χ1) is 12.7. The highest BCUT2D eigenvalue weighted by Crippen LogP contribution is 2.26. The van der Waals surface area contributed by atoms with Gasteiger partial charge in [0.25, 0.3) is 11.8 Å². The van der Waals surface area contributed by atoms with Gasteiger partial charge in [0.05, 0.1) is 6.04 Å². The number of amides is 2. The molecule has 0 saturated carbocycles. The molecule has 0 aromatic heterocycles. The van der Waals surface area contributed by atoms with Crippen molar-refractivity contribution in [2.45, 2.75) is 6.04 Å². The Morgan fingerprint density at radius 2 is 1.08 bits per heavy atom. The summed E-state index contributed by atoms with van der Waals surface area (Å²) in [6.45, 7) is 3.86. The third-order valence-corrected chi connectivity index (χ3v) is 4.12. The number of carbonyl (C=O) groups is 2. The lowest BCUT2D eigenvalue weighted by molar-refractivity contribution is 0.0574. The van der Waals surface area contributed by atoms with Crippen LogP contribution in [0.15, 0.2) is 104 Å². The summed E-state index contributed by atoms with van der Waals surface area (Å²) in [7, 11) is 0. The average molecular weight is 341 g/mol. The van der Waals surface area contributed by atoms with Crippen molar-refractivity contribution in [1.29, 1.82) is 0 Å². The Morgan fingerprint density at radius 1 is 0.692 bits per heavy atom. The van der Waals surface area contributed by atoms with Crippen molar-refractivity contribution in [2.75, 3.05) is 0 Å². The largest absolute Gasteiger partial charge is 0.269 e. The first-order valence-corrected chi connectivity index (χ1v) is 8.38. The minimum absolute atomic E-state index is 0.354. The van der Waals surface area contributed by atoms with E-state index < -0.39 is 6.04 Å². The van der Waals surface area contributed by atoms with E-state index in [0.717, 1.165) is 5.56 Å². The van der Waals surface area contributed by atoms with Crippen molar-refractivity contribution in [3.63, 3.8) is 0 Å². The highest BCUT2D eigenvalue weighted by molar-refractivity contribution is 6.10. The summed E-state index contributed by atoms with van der Waals surface area (Å²) in [5.41, 5.74) is 1.75. The molecule has 0 radical (unpaired) electrons. The van der Waals surface area contributed by atoms with Gasteiger partial charge in [-0.1, -0.05) is 72.8 Å². The second-order valence-electron chi connectivity index (χ2n) is 5.80. The van der Waals surface area contributed by atoms with Crippen molar-refractivity contribution in [3.8, 4) is 0 Å². The van der Waals surface area contributed by atoms with Gasteiger partial charge in [-0.25, -0.2) is 0 Å². The van der Waals surface area contributed by atoms with Crippen molar-refractivity contribution in [2.24, 2.45) is 0 Å². The summed E-state index contributed by atoms with van der Waals surface area (Å²) in [6.07, 6.45) is 1.62. The lowest BCUT2D eigenvalue weighted by atomic mass is 10.0. The smallest absolute Gasteiger partial charge is 0.261 e. The molecule has 0 saturated heterocycles. The topological polar surface area (TPSA) is 37.4 Å². The Morgan fingerprint density at radius 3 is 1.46 bits per heavy atom. The summed E-state index contributed by atoms with van der Waals surface area (Å²) < 4.78 is 0. The number of hydrogen-bond acceptors (Lipinski definition) is 2. The van der Waals surface area contributed by atoms with Gasteiger partial charge in [-0.2, -0.15) is 0 Å². The zero-order valence-corrected chi connectivity index (χ0v) is 14.3. The van der Waals surface area contributed by atoms with Gasteiger partial charge in [-0.05, 0) is 29.8 Å². The molecule has 0 fully saturated rings. The van der Waals surface area contributed by atoms with E-state index in [1.807, 2.05) is 42.5 Å². The molecule has 0 aliphatic heterocycles. The van der Waals surface area contributed by atoms with Crippen LogP contribution >= 0.6 is 0 Å². The van der Waals surface area contributed by atoms with E-state index in [1.165, 1.54) is 4.90 Å². The molecular weight excluding hydrogens is 322 g/mol. The maximum atomic E-state index is 13.2. The normalized spacial score (nSPS) is 11.4. The van der Waals surface area contributed by atoms with Crippen LogP contribution in [0.2, 0.25) is 0 Å². The fraction of sp³-hybridized carbons (Fsp3) is 0.0435. The quantitative estimate of drug-likeness (QED) is 0.489. The number of benzene rings is 3. The van der Waals surface area contributed by atoms with Gasteiger partial charge in [0, 0.05) is 11.1 Å². The van der Waals surface area contributed by atoms with Crippen LogP contribution in [-0.4, -0.2) is 16.7 Å². The van der Waals surface area contributed by atoms with Gasteiger partial charge < -0.3 is 0 Å². The van der Waals surface area contributed by atoms with Crippen molar-refractivity contribution < 1.29 is 9.59 Å². The molecule has 0 aliphatic rings. The summed E-state index contributed by atoms with van der Waals surface area (Å²) in [5.74, 6) is -0.707. The Kier molecular flexibility index (Phi) is 5.40. The fourth-order valence-corrected chi connectivity index (χ4v) is 2.83. The predicted octanol–water partition coefficient (Wildman–Crippen LogP) is 4.90. The lowest BCUT2D eigenvalue weighted by Gasteiger charge is -2.28. The first-order valence-electron chi connectivity index (χ1n) is 8.38. The van der Waals surface area contributed by atoms with Crippen LogP contribution in [-0.2, 0) is 0 Å². The molecule has 3 aromatic rings. The monoisotopic (exact) mass is 341 g/mol. The molecule has 1 unspecified atom stereocenters. The Hall–Kier alpha value is -3.46. The van der Waals surface area contributed by atoms with Crippen LogP contribution in [0, 0.1) is 0 Å². The highest BCUT2D eigenvalue weighted by Gasteiger charge is 2.30. The van der Waals surface area contributed by atoms with Crippen molar-refractivity contribution >= 4 is 11.8 Å². The van der Waals surface area contributed by atoms with Crippen molar-refractivity contribution in [3.05, 3.63) is 120 Å². The molecule has 0 spiro atoms. The van der Waals surface area contributed by atoms with Gasteiger partial charge in [-0.3, -0.25) is 14.5 Å². The van der Waals surface area contributed by atoms with E-state index in [9.17, 15) is 9.59 Å². The Balaban J connectivity index is 2.08. The molecule has 0 aliphatic carbocycles. The van der Waals surface area contributed by atoms with E-state index in [0.29, 0.717) is 11.1 Å². The molecular formula is C23H19NO2. The standard InChI is InChI=1S/C23H19NO2/c1-2-21(18-12-6-3-7-13-18)24(22(25)19-14-8-4-9-15-19)23(26)20-16-10-5-11-17-20/h2-17,21H,1H2. The summed E-state index contributed by atoms with van der Waals surface area (Å²) in [4.78, 5) is 27.7. The SMILES string of the molecule is C=CC(c1ccccc1)N(C(=O)c1ccccc1)C(=O)c1ccccc1. The molecule has 3 aromatic carbocycles. The second-order valence-corrected chi connectivity index (χ2v) is 5.80. The van der Waals surface area contributed by atoms with Gasteiger partial charge in [-0.15, -0.1) is 6.58 Å². The average Bonchev–Trinajstić information content (AvgIpc) is 2.73. The third-order valence-electron chi connectivity index (χ3n) is 4.12. The minimum atomic E-state index is -0.559. The fourth-order valence-electron chi connectivity index (χ4n) is 2.83. The highest BCUT2D eigenvalue weighted by atomic mass is 16.2. The Bertz CT molecular complexity index is 838. The molecule has 3 heteroatoms. The molecule has 0 heterocycles. The van der Waals surface area contributed by atoms with Gasteiger partial charge in [0.2, 0.25) is 0 Å². The summed E-state index contributed by atoms with van der Waals surface area (Å²) in [5, 5.41) is 0. The van der Waals surface area contributed by atoms with Crippen LogP contribution in [0.5, 0.6) is 0 Å². The molecule has 3 rings (SSSR count). The number of imide groups is 1. The number of hydrogen-bond donors (Lipinski definition) is 0. The molecule has 0 bridgehead atoms. The van der Waals surface area contributed by atoms with Gasteiger partial charge in [0.1, 0.15) is 0 Å². The predicted molar refractivity (Wildman–Crippen MR) is 103 cm³/mol. The molecule has 1 atom stereocenters. The van der Waals surface area contributed by atoms with Crippen LogP contribution in [0.1, 0.15) is 32.3 Å². The molecule has 3 nitrogen and oxygen atoms in total. The van der Waals surface area contributed by atoms with E-state index in [-0.39, 0.29) is 11.8 Å². The number of nitrogens with zero attached hydrogens (tertiary/aromatic N) is 1. The van der Waals surface area contributed by atoms with E-state index >= 15 is 0 Å². The van der Waals surface area contributed by atoms with Gasteiger partial charge in [0.15, 0.2) is 0 Å². The third kappa shape index (κ3) is 3.62. The first kappa shape index (κ1) is 17.4. The van der Waals surface area contributed by atoms with Crippen LogP contribution in [0.25, 0.3) is 0 Å². The van der Waals surface area contributed by atoms with Crippen LogP contribution in [0.4, 0.5) is 0 Å². The van der Waals surface area contributed by atoms with E-state index in [2.05, 4.69) is 6.58 Å². The lowest BCUT2D eigenvalue weighted by Crippen LogP contribution is -2.39. The summed E-state index contributed by atoms with van der Waals surface area (Å²) in [6, 6.07) is 26.5. The maximum absolute atomic E-state index is 13.2. The van der Waals surface area contributed by atoms with E-state index in [1.54, 1.807) is 54.6 Å². The molecule has 0 N–H and O–H groups in total.